The Morgan fingerprint density at radius 1 is 1.33 bits per heavy atom. The SMILES string of the molecule is CCN(CC)C(=O)CNC(C)C(C)CO. The normalized spacial score (nSPS) is 14.7. The van der Waals surface area contributed by atoms with E-state index in [9.17, 15) is 4.79 Å². The number of nitrogens with zero attached hydrogens (tertiary/aromatic N) is 1. The van der Waals surface area contributed by atoms with Crippen LogP contribution in [0.1, 0.15) is 27.7 Å². The van der Waals surface area contributed by atoms with Gasteiger partial charge < -0.3 is 15.3 Å². The first-order chi connectivity index (χ1) is 7.06. The molecule has 0 aliphatic carbocycles. The highest BCUT2D eigenvalue weighted by Gasteiger charge is 2.14. The first-order valence-corrected chi connectivity index (χ1v) is 5.68. The molecular formula is C11H24N2O2. The van der Waals surface area contributed by atoms with Crippen LogP contribution in [-0.4, -0.2) is 48.2 Å². The van der Waals surface area contributed by atoms with Crippen molar-refractivity contribution < 1.29 is 9.90 Å². The molecule has 0 heterocycles. The maximum atomic E-state index is 11.6. The first-order valence-electron chi connectivity index (χ1n) is 5.68. The van der Waals surface area contributed by atoms with Crippen LogP contribution in [0.3, 0.4) is 0 Å². The summed E-state index contributed by atoms with van der Waals surface area (Å²) in [7, 11) is 0. The largest absolute Gasteiger partial charge is 0.396 e. The molecule has 0 aromatic heterocycles. The van der Waals surface area contributed by atoms with Gasteiger partial charge in [0.05, 0.1) is 6.54 Å². The van der Waals surface area contributed by atoms with Crippen molar-refractivity contribution in [2.75, 3.05) is 26.2 Å². The quantitative estimate of drug-likeness (QED) is 0.650. The highest BCUT2D eigenvalue weighted by molar-refractivity contribution is 5.78. The minimum Gasteiger partial charge on any atom is -0.396 e. The summed E-state index contributed by atoms with van der Waals surface area (Å²) < 4.78 is 0. The second-order valence-corrected chi connectivity index (χ2v) is 3.90. The number of rotatable bonds is 7. The lowest BCUT2D eigenvalue weighted by molar-refractivity contribution is -0.130. The molecule has 0 rings (SSSR count). The maximum Gasteiger partial charge on any atom is 0.236 e. The Labute approximate surface area is 92.7 Å². The summed E-state index contributed by atoms with van der Waals surface area (Å²) in [5.74, 6) is 0.298. The highest BCUT2D eigenvalue weighted by atomic mass is 16.3. The molecule has 0 saturated carbocycles. The average Bonchev–Trinajstić information content (AvgIpc) is 2.26. The Hall–Kier alpha value is -0.610. The van der Waals surface area contributed by atoms with Crippen LogP contribution in [0.2, 0.25) is 0 Å². The Kier molecular flexibility index (Phi) is 7.34. The van der Waals surface area contributed by atoms with Crippen LogP contribution in [0.15, 0.2) is 0 Å². The Bertz CT molecular complexity index is 181. The molecule has 0 radical (unpaired) electrons. The van der Waals surface area contributed by atoms with Crippen LogP contribution in [0, 0.1) is 5.92 Å². The molecule has 1 amide bonds. The van der Waals surface area contributed by atoms with Crippen molar-refractivity contribution in [1.29, 1.82) is 0 Å². The van der Waals surface area contributed by atoms with Gasteiger partial charge in [0.15, 0.2) is 0 Å². The predicted octanol–water partition coefficient (Wildman–Crippen LogP) is 0.461. The van der Waals surface area contributed by atoms with E-state index >= 15 is 0 Å². The van der Waals surface area contributed by atoms with E-state index in [0.29, 0.717) is 6.54 Å². The number of hydrogen-bond acceptors (Lipinski definition) is 3. The first kappa shape index (κ1) is 14.4. The molecule has 0 aliphatic heterocycles. The lowest BCUT2D eigenvalue weighted by Gasteiger charge is -2.22. The van der Waals surface area contributed by atoms with Crippen molar-refractivity contribution in [1.82, 2.24) is 10.2 Å². The molecule has 2 N–H and O–H groups in total. The van der Waals surface area contributed by atoms with Gasteiger partial charge in [-0.25, -0.2) is 0 Å². The summed E-state index contributed by atoms with van der Waals surface area (Å²) in [6.07, 6.45) is 0. The van der Waals surface area contributed by atoms with Crippen molar-refractivity contribution in [2.24, 2.45) is 5.92 Å². The summed E-state index contributed by atoms with van der Waals surface area (Å²) in [6.45, 7) is 9.89. The van der Waals surface area contributed by atoms with Gasteiger partial charge in [0, 0.05) is 25.7 Å². The highest BCUT2D eigenvalue weighted by Crippen LogP contribution is 2.00. The van der Waals surface area contributed by atoms with Crippen molar-refractivity contribution in [3.8, 4) is 0 Å². The van der Waals surface area contributed by atoms with Crippen molar-refractivity contribution >= 4 is 5.91 Å². The van der Waals surface area contributed by atoms with E-state index in [0.717, 1.165) is 13.1 Å². The van der Waals surface area contributed by atoms with Gasteiger partial charge in [-0.15, -0.1) is 0 Å². The Morgan fingerprint density at radius 3 is 2.27 bits per heavy atom. The molecule has 2 atom stereocenters. The number of hydrogen-bond donors (Lipinski definition) is 2. The molecule has 0 saturated heterocycles. The molecule has 90 valence electrons. The van der Waals surface area contributed by atoms with Crippen molar-refractivity contribution in [3.05, 3.63) is 0 Å². The zero-order chi connectivity index (χ0) is 11.8. The number of aliphatic hydroxyl groups excluding tert-OH is 1. The third kappa shape index (κ3) is 5.14. The van der Waals surface area contributed by atoms with Gasteiger partial charge >= 0.3 is 0 Å². The average molecular weight is 216 g/mol. The smallest absolute Gasteiger partial charge is 0.236 e. The van der Waals surface area contributed by atoms with E-state index in [1.807, 2.05) is 27.7 Å². The molecule has 0 aromatic rings. The number of amides is 1. The molecule has 0 aliphatic rings. The summed E-state index contributed by atoms with van der Waals surface area (Å²) in [4.78, 5) is 13.4. The fraction of sp³-hybridized carbons (Fsp3) is 0.909. The summed E-state index contributed by atoms with van der Waals surface area (Å²) in [5.41, 5.74) is 0. The summed E-state index contributed by atoms with van der Waals surface area (Å²) in [5, 5.41) is 12.1. The van der Waals surface area contributed by atoms with E-state index < -0.39 is 0 Å². The van der Waals surface area contributed by atoms with Crippen LogP contribution >= 0.6 is 0 Å². The van der Waals surface area contributed by atoms with Gasteiger partial charge in [0.1, 0.15) is 0 Å². The molecule has 15 heavy (non-hydrogen) atoms. The minimum atomic E-state index is 0.122. The van der Waals surface area contributed by atoms with E-state index in [4.69, 9.17) is 5.11 Å². The fourth-order valence-electron chi connectivity index (χ4n) is 1.30. The second-order valence-electron chi connectivity index (χ2n) is 3.90. The molecule has 2 unspecified atom stereocenters. The lowest BCUT2D eigenvalue weighted by Crippen LogP contribution is -2.43. The molecule has 4 heteroatoms. The maximum absolute atomic E-state index is 11.6. The third-order valence-corrected chi connectivity index (χ3v) is 2.83. The molecule has 0 bridgehead atoms. The van der Waals surface area contributed by atoms with Gasteiger partial charge in [-0.05, 0) is 26.7 Å². The third-order valence-electron chi connectivity index (χ3n) is 2.83. The van der Waals surface area contributed by atoms with Crippen LogP contribution in [0.4, 0.5) is 0 Å². The summed E-state index contributed by atoms with van der Waals surface area (Å²) >= 11 is 0. The molecular weight excluding hydrogens is 192 g/mol. The predicted molar refractivity (Wildman–Crippen MR) is 61.6 cm³/mol. The van der Waals surface area contributed by atoms with E-state index in [1.165, 1.54) is 0 Å². The second kappa shape index (κ2) is 7.65. The molecule has 4 nitrogen and oxygen atoms in total. The van der Waals surface area contributed by atoms with Gasteiger partial charge in [0.2, 0.25) is 5.91 Å². The zero-order valence-electron chi connectivity index (χ0n) is 10.3. The van der Waals surface area contributed by atoms with E-state index in [1.54, 1.807) is 4.90 Å². The van der Waals surface area contributed by atoms with Crippen LogP contribution in [0.25, 0.3) is 0 Å². The van der Waals surface area contributed by atoms with Crippen LogP contribution in [-0.2, 0) is 4.79 Å². The minimum absolute atomic E-state index is 0.122. The topological polar surface area (TPSA) is 52.6 Å². The standard InChI is InChI=1S/C11H24N2O2/c1-5-13(6-2)11(15)7-12-10(4)9(3)8-14/h9-10,12,14H,5-8H2,1-4H3. The number of nitrogens with one attached hydrogen (secondary N) is 1. The lowest BCUT2D eigenvalue weighted by atomic mass is 10.1. The number of aliphatic hydroxyl groups is 1. The van der Waals surface area contributed by atoms with Crippen molar-refractivity contribution in [3.63, 3.8) is 0 Å². The monoisotopic (exact) mass is 216 g/mol. The Morgan fingerprint density at radius 2 is 1.87 bits per heavy atom. The van der Waals surface area contributed by atoms with Crippen molar-refractivity contribution in [2.45, 2.75) is 33.7 Å². The molecule has 0 aromatic carbocycles. The fourth-order valence-corrected chi connectivity index (χ4v) is 1.30. The Balaban J connectivity index is 3.89. The van der Waals surface area contributed by atoms with Crippen LogP contribution in [0.5, 0.6) is 0 Å². The van der Waals surface area contributed by atoms with Gasteiger partial charge in [0.25, 0.3) is 0 Å². The van der Waals surface area contributed by atoms with Crippen LogP contribution < -0.4 is 5.32 Å². The molecule has 0 spiro atoms. The number of carbonyl (C=O) groups is 1. The number of likely N-dealkylation sites (N-methyl/N-ethyl adjacent to an activating group) is 1. The summed E-state index contributed by atoms with van der Waals surface area (Å²) in [6, 6.07) is 0.162. The van der Waals surface area contributed by atoms with E-state index in [-0.39, 0.29) is 24.5 Å². The van der Waals surface area contributed by atoms with Gasteiger partial charge in [-0.3, -0.25) is 4.79 Å². The molecule has 0 fully saturated rings. The number of carbonyl (C=O) groups excluding carboxylic acids is 1. The van der Waals surface area contributed by atoms with E-state index in [2.05, 4.69) is 5.32 Å². The van der Waals surface area contributed by atoms with Gasteiger partial charge in [-0.1, -0.05) is 6.92 Å². The zero-order valence-corrected chi connectivity index (χ0v) is 10.3. The van der Waals surface area contributed by atoms with Gasteiger partial charge in [-0.2, -0.15) is 0 Å².